The second-order valence-electron chi connectivity index (χ2n) is 4.19. The van der Waals surface area contributed by atoms with Gasteiger partial charge >= 0.3 is 0 Å². The Kier molecular flexibility index (Phi) is 7.03. The molecule has 0 fully saturated rings. The number of nitro benzene ring substituents is 2. The van der Waals surface area contributed by atoms with Crippen molar-refractivity contribution in [3.05, 3.63) is 79.9 Å². The van der Waals surface area contributed by atoms with Crippen molar-refractivity contribution in [2.24, 2.45) is 21.9 Å². The number of rotatable bonds is 4. The van der Waals surface area contributed by atoms with Crippen LogP contribution >= 0.6 is 0 Å². The van der Waals surface area contributed by atoms with Crippen LogP contribution in [0.2, 0.25) is 0 Å². The molecule has 2 aromatic rings. The van der Waals surface area contributed by atoms with Gasteiger partial charge in [0.25, 0.3) is 11.4 Å². The van der Waals surface area contributed by atoms with E-state index in [9.17, 15) is 20.2 Å². The Balaban J connectivity index is 0.000000240. The van der Waals surface area contributed by atoms with E-state index in [-0.39, 0.29) is 11.4 Å². The third-order valence-electron chi connectivity index (χ3n) is 2.69. The van der Waals surface area contributed by atoms with Gasteiger partial charge in [-0.05, 0) is 12.1 Å². The first kappa shape index (κ1) is 18.2. The van der Waals surface area contributed by atoms with Gasteiger partial charge in [0.15, 0.2) is 0 Å². The van der Waals surface area contributed by atoms with Gasteiger partial charge < -0.3 is 11.7 Å². The molecule has 4 N–H and O–H groups in total. The monoisotopic (exact) mass is 330 g/mol. The Hall–Kier alpha value is -3.82. The number of hydrazone groups is 2. The van der Waals surface area contributed by atoms with E-state index in [2.05, 4.69) is 10.2 Å². The average molecular weight is 330 g/mol. The van der Waals surface area contributed by atoms with Crippen LogP contribution in [0.3, 0.4) is 0 Å². The van der Waals surface area contributed by atoms with Crippen molar-refractivity contribution in [3.63, 3.8) is 0 Å². The number of hydrogen-bond acceptors (Lipinski definition) is 8. The Labute approximate surface area is 136 Å². The minimum absolute atomic E-state index is 0.00620. The van der Waals surface area contributed by atoms with E-state index in [1.165, 1.54) is 24.6 Å². The highest BCUT2D eigenvalue weighted by molar-refractivity contribution is 5.85. The summed E-state index contributed by atoms with van der Waals surface area (Å²) in [6, 6.07) is 12.5. The lowest BCUT2D eigenvalue weighted by atomic mass is 10.2. The maximum Gasteiger partial charge on any atom is 0.278 e. The number of nitro groups is 2. The van der Waals surface area contributed by atoms with Crippen molar-refractivity contribution >= 4 is 23.8 Å². The zero-order chi connectivity index (χ0) is 17.9. The molecule has 24 heavy (non-hydrogen) atoms. The number of nitrogens with two attached hydrogens (primary N) is 2. The van der Waals surface area contributed by atoms with E-state index in [4.69, 9.17) is 11.7 Å². The molecular formula is C14H14N6O4. The molecule has 10 heteroatoms. The fraction of sp³-hybridized carbons (Fsp3) is 0. The highest BCUT2D eigenvalue weighted by atomic mass is 16.6. The Morgan fingerprint density at radius 1 is 0.750 bits per heavy atom. The fourth-order valence-corrected chi connectivity index (χ4v) is 1.69. The molecule has 0 heterocycles. The summed E-state index contributed by atoms with van der Waals surface area (Å²) in [5, 5.41) is 27.2. The van der Waals surface area contributed by atoms with E-state index in [1.54, 1.807) is 36.4 Å². The van der Waals surface area contributed by atoms with Crippen LogP contribution in [0.5, 0.6) is 0 Å². The molecule has 0 aromatic heterocycles. The lowest BCUT2D eigenvalue weighted by Gasteiger charge is -1.93. The van der Waals surface area contributed by atoms with E-state index in [1.807, 2.05) is 0 Å². The molecule has 0 atom stereocenters. The number of para-hydroxylation sites is 2. The lowest BCUT2D eigenvalue weighted by molar-refractivity contribution is -0.385. The van der Waals surface area contributed by atoms with Crippen molar-refractivity contribution in [2.45, 2.75) is 0 Å². The predicted molar refractivity (Wildman–Crippen MR) is 89.8 cm³/mol. The topological polar surface area (TPSA) is 163 Å². The third kappa shape index (κ3) is 5.18. The minimum atomic E-state index is -0.475. The summed E-state index contributed by atoms with van der Waals surface area (Å²) in [6.07, 6.45) is 2.50. The summed E-state index contributed by atoms with van der Waals surface area (Å²) in [5.74, 6) is 9.75. The minimum Gasteiger partial charge on any atom is -0.323 e. The molecule has 0 radical (unpaired) electrons. The quantitative estimate of drug-likeness (QED) is 0.375. The van der Waals surface area contributed by atoms with Crippen LogP contribution in [0.1, 0.15) is 11.1 Å². The van der Waals surface area contributed by atoms with Gasteiger partial charge in [-0.2, -0.15) is 10.2 Å². The van der Waals surface area contributed by atoms with Gasteiger partial charge in [0, 0.05) is 12.1 Å². The van der Waals surface area contributed by atoms with Gasteiger partial charge in [-0.3, -0.25) is 20.2 Å². The maximum absolute atomic E-state index is 10.4. The zero-order valence-electron chi connectivity index (χ0n) is 12.4. The highest BCUT2D eigenvalue weighted by Gasteiger charge is 2.09. The molecule has 0 aliphatic rings. The molecule has 10 nitrogen and oxygen atoms in total. The van der Waals surface area contributed by atoms with Gasteiger partial charge in [0.2, 0.25) is 0 Å². The Morgan fingerprint density at radius 2 is 1.08 bits per heavy atom. The molecular weight excluding hydrogens is 316 g/mol. The van der Waals surface area contributed by atoms with Crippen LogP contribution < -0.4 is 11.7 Å². The van der Waals surface area contributed by atoms with E-state index in [0.717, 1.165) is 0 Å². The van der Waals surface area contributed by atoms with Gasteiger partial charge in [0.1, 0.15) is 0 Å². The number of benzene rings is 2. The van der Waals surface area contributed by atoms with Crippen molar-refractivity contribution in [2.75, 3.05) is 0 Å². The van der Waals surface area contributed by atoms with Crippen LogP contribution in [0, 0.1) is 20.2 Å². The predicted octanol–water partition coefficient (Wildman–Crippen LogP) is 1.77. The highest BCUT2D eigenvalue weighted by Crippen LogP contribution is 2.15. The SMILES string of the molecule is N/N=C/c1ccccc1[N+](=O)[O-].N/N=C/c1ccccc1[N+](=O)[O-]. The summed E-state index contributed by atoms with van der Waals surface area (Å²) in [6.45, 7) is 0. The molecule has 0 saturated heterocycles. The summed E-state index contributed by atoms with van der Waals surface area (Å²) in [4.78, 5) is 19.8. The standard InChI is InChI=1S/2C7H7N3O2/c2*8-9-5-6-3-1-2-4-7(6)10(11)12/h2*1-5H,8H2/b2*9-5+. The van der Waals surface area contributed by atoms with Crippen LogP contribution in [0.4, 0.5) is 11.4 Å². The van der Waals surface area contributed by atoms with Crippen LogP contribution in [0.15, 0.2) is 58.7 Å². The van der Waals surface area contributed by atoms with Crippen LogP contribution in [-0.4, -0.2) is 22.3 Å². The summed E-state index contributed by atoms with van der Waals surface area (Å²) >= 11 is 0. The maximum atomic E-state index is 10.4. The van der Waals surface area contributed by atoms with Crippen molar-refractivity contribution < 1.29 is 9.85 Å². The van der Waals surface area contributed by atoms with Crippen molar-refractivity contribution in [1.29, 1.82) is 0 Å². The molecule has 2 rings (SSSR count). The Bertz CT molecular complexity index is 710. The second kappa shape index (κ2) is 9.25. The second-order valence-corrected chi connectivity index (χ2v) is 4.19. The zero-order valence-corrected chi connectivity index (χ0v) is 12.4. The number of hydrogen-bond donors (Lipinski definition) is 2. The van der Waals surface area contributed by atoms with Gasteiger partial charge in [-0.15, -0.1) is 0 Å². The third-order valence-corrected chi connectivity index (χ3v) is 2.69. The van der Waals surface area contributed by atoms with Gasteiger partial charge in [-0.25, -0.2) is 0 Å². The molecule has 0 unspecified atom stereocenters. The van der Waals surface area contributed by atoms with Gasteiger partial charge in [0.05, 0.1) is 33.4 Å². The first-order chi connectivity index (χ1) is 11.5. The largest absolute Gasteiger partial charge is 0.323 e. The summed E-state index contributed by atoms with van der Waals surface area (Å²) in [7, 11) is 0. The smallest absolute Gasteiger partial charge is 0.278 e. The fourth-order valence-electron chi connectivity index (χ4n) is 1.69. The number of nitrogens with zero attached hydrogens (tertiary/aromatic N) is 4. The normalized spacial score (nSPS) is 10.3. The lowest BCUT2D eigenvalue weighted by Crippen LogP contribution is -1.95. The van der Waals surface area contributed by atoms with Crippen molar-refractivity contribution in [3.8, 4) is 0 Å². The van der Waals surface area contributed by atoms with E-state index < -0.39 is 9.85 Å². The average Bonchev–Trinajstić information content (AvgIpc) is 2.57. The Morgan fingerprint density at radius 3 is 1.38 bits per heavy atom. The first-order valence-electron chi connectivity index (χ1n) is 6.44. The molecule has 124 valence electrons. The van der Waals surface area contributed by atoms with Crippen LogP contribution in [-0.2, 0) is 0 Å². The molecule has 0 bridgehead atoms. The van der Waals surface area contributed by atoms with Crippen molar-refractivity contribution in [1.82, 2.24) is 0 Å². The first-order valence-corrected chi connectivity index (χ1v) is 6.44. The molecule has 0 saturated carbocycles. The molecule has 0 spiro atoms. The summed E-state index contributed by atoms with van der Waals surface area (Å²) in [5.41, 5.74) is 0.827. The van der Waals surface area contributed by atoms with Gasteiger partial charge in [-0.1, -0.05) is 24.3 Å². The van der Waals surface area contributed by atoms with E-state index >= 15 is 0 Å². The molecule has 2 aromatic carbocycles. The summed E-state index contributed by atoms with van der Waals surface area (Å²) < 4.78 is 0. The molecule has 0 aliphatic carbocycles. The molecule has 0 aliphatic heterocycles. The van der Waals surface area contributed by atoms with E-state index in [0.29, 0.717) is 11.1 Å². The molecule has 0 amide bonds. The van der Waals surface area contributed by atoms with Crippen LogP contribution in [0.25, 0.3) is 0 Å².